The zero-order valence-electron chi connectivity index (χ0n) is 84.7. The Morgan fingerprint density at radius 3 is 0.467 bits per heavy atom. The van der Waals surface area contributed by atoms with Crippen LogP contribution in [-0.4, -0.2) is 84.0 Å². The van der Waals surface area contributed by atoms with Crippen molar-refractivity contribution < 1.29 is 22.4 Å². The van der Waals surface area contributed by atoms with Crippen molar-refractivity contribution in [1.82, 2.24) is 0 Å². The van der Waals surface area contributed by atoms with Crippen molar-refractivity contribution in [3.05, 3.63) is 176 Å². The van der Waals surface area contributed by atoms with Gasteiger partial charge in [-0.2, -0.15) is 0 Å². The highest BCUT2D eigenvalue weighted by molar-refractivity contribution is 6.76. The van der Waals surface area contributed by atoms with E-state index in [2.05, 4.69) is 413 Å². The lowest BCUT2D eigenvalue weighted by Crippen LogP contribution is -2.31. The van der Waals surface area contributed by atoms with Crippen LogP contribution in [0, 0.1) is 70.6 Å². The number of hydrogen-bond donors (Lipinski definition) is 0. The Morgan fingerprint density at radius 1 is 0.287 bits per heavy atom. The first-order valence-corrected chi connectivity index (χ1v) is 57.4. The lowest BCUT2D eigenvalue weighted by Gasteiger charge is -2.15. The van der Waals surface area contributed by atoms with Gasteiger partial charge in [0, 0.05) is 58.8 Å². The number of fused-ring (bicyclic) bond motifs is 1. The highest BCUT2D eigenvalue weighted by atomic mass is 28.4. The van der Waals surface area contributed by atoms with Gasteiger partial charge in [-0.05, 0) is 247 Å². The summed E-state index contributed by atoms with van der Waals surface area (Å²) in [5, 5.41) is 2.67. The Bertz CT molecular complexity index is 2460. The lowest BCUT2D eigenvalue weighted by atomic mass is 10.0. The Kier molecular flexibility index (Phi) is 666. The van der Waals surface area contributed by atoms with Crippen LogP contribution < -0.4 is 0 Å². The van der Waals surface area contributed by atoms with Crippen molar-refractivity contribution in [2.24, 2.45) is 17.3 Å². The van der Waals surface area contributed by atoms with Crippen LogP contribution in [0.5, 0.6) is 0 Å². The van der Waals surface area contributed by atoms with Crippen molar-refractivity contribution in [2.75, 3.05) is 42.7 Å². The average Bonchev–Trinajstić information content (AvgIpc) is 0.839. The van der Waals surface area contributed by atoms with Gasteiger partial charge in [0.05, 0.1) is 0 Å². The van der Waals surface area contributed by atoms with Crippen LogP contribution in [0.4, 0.5) is 0 Å². The maximum atomic E-state index is 5.08. The normalized spacial score (nSPS) is 6.88. The molecule has 0 fully saturated rings. The van der Waals surface area contributed by atoms with Crippen molar-refractivity contribution in [1.29, 1.82) is 0 Å². The molecule has 0 heterocycles. The summed E-state index contributed by atoms with van der Waals surface area (Å²) < 4.78 is 24.4. The molecule has 5 nitrogen and oxygen atoms in total. The summed E-state index contributed by atoms with van der Waals surface area (Å²) in [7, 11) is 4.99. The first-order valence-electron chi connectivity index (χ1n) is 40.1. The molecule has 0 aromatic heterocycles. The van der Waals surface area contributed by atoms with Crippen molar-refractivity contribution in [3.63, 3.8) is 0 Å². The van der Waals surface area contributed by atoms with Gasteiger partial charge in [0.2, 0.25) is 0 Å². The number of ether oxygens (including phenoxy) is 1. The summed E-state index contributed by atoms with van der Waals surface area (Å²) >= 11 is 0. The maximum absolute atomic E-state index is 5.08. The third kappa shape index (κ3) is 617. The van der Waals surface area contributed by atoms with E-state index in [1.54, 1.807) is 42.7 Å². The van der Waals surface area contributed by atoms with Gasteiger partial charge in [-0.3, -0.25) is 0 Å². The van der Waals surface area contributed by atoms with E-state index < -0.39 is 41.3 Å². The summed E-state index contributed by atoms with van der Waals surface area (Å²) in [4.78, 5) is 0. The molecule has 0 unspecified atom stereocenters. The molecule has 0 aliphatic rings. The Hall–Kier alpha value is -3.72. The summed E-state index contributed by atoms with van der Waals surface area (Å²) in [6.07, 6.45) is 10.7. The molecular weight excluding hydrogens is 1900 g/mol. The predicted molar refractivity (Wildman–Crippen MR) is 812 cm³/mol. The molecule has 0 spiro atoms. The number of methoxy groups -OCH3 is 1. The van der Waals surface area contributed by atoms with Crippen LogP contribution >= 0.6 is 0 Å². The Balaban J connectivity index is -0.0000000110. The van der Waals surface area contributed by atoms with Gasteiger partial charge in [0.1, 0.15) is 0 Å². The van der Waals surface area contributed by atoms with Crippen LogP contribution in [0.15, 0.2) is 143 Å². The summed E-state index contributed by atoms with van der Waals surface area (Å²) in [6.45, 7) is 111. The molecule has 4 aromatic carbocycles. The fourth-order valence-corrected chi connectivity index (χ4v) is 3.18. The SMILES string of the molecule is C.C.C.C.C.C.C.C.C.C.C.C.C.C.C.C.C.C.C.C.C.C.C.C.C.C.C.C.C.C.C.C.C.C.C.C.C.C.C.C.C.C.CC#CC.CC(C)(C)C.CC(C)=C(C)C.CC(C)=C(C)C.CC(C)C.CC=C(C)C.CC=C(C)C.CC=CC.CCC.CCC(C)C.CC[Si](C)(C)C.COC.CO[Si](C)(C)C.CO[Si](C)(C)C.CO[Si](C)(C)OC.C[Si](C)(C)C.Cc1ccc(C)cc1.Cc1ccc2cc(C)ccc2c1.Cc1cccc(C)c1. The minimum Gasteiger partial charge on any atom is -0.421 e. The number of aryl methyl sites for hydroxylation is 6. The maximum Gasteiger partial charge on any atom is 0.331 e. The molecular formula is C140H368O5Si5. The molecule has 978 valence electrons. The molecule has 0 bridgehead atoms. The Labute approximate surface area is 1000 Å². The van der Waals surface area contributed by atoms with Crippen LogP contribution in [0.1, 0.15) is 573 Å². The molecule has 150 heavy (non-hydrogen) atoms. The quantitative estimate of drug-likeness (QED) is 0.109. The average molecular weight is 2270 g/mol. The van der Waals surface area contributed by atoms with Gasteiger partial charge < -0.3 is 22.4 Å². The highest BCUT2D eigenvalue weighted by Crippen LogP contribution is 2.17. The molecule has 4 aromatic rings. The molecule has 4 rings (SSSR count). The highest BCUT2D eigenvalue weighted by Gasteiger charge is 2.19. The van der Waals surface area contributed by atoms with Crippen LogP contribution in [-0.2, 0) is 22.4 Å². The molecule has 0 aliphatic heterocycles. The van der Waals surface area contributed by atoms with E-state index in [1.807, 2.05) is 66.8 Å². The summed E-state index contributed by atoms with van der Waals surface area (Å²) in [5.74, 6) is 7.08. The minimum atomic E-state index is -1.65. The van der Waals surface area contributed by atoms with Gasteiger partial charge in [0.15, 0.2) is 16.6 Å². The summed E-state index contributed by atoms with van der Waals surface area (Å²) in [5.41, 5.74) is 16.9. The standard InChI is InChI=1S/C12H12.2C8H10.2C6H12.C5H14Si.2C5H12.2C5H10.C4H12O2Si.2C4H12OSi.C4H12Si.C4H10.C4H8.C4H6.C3H8.C2H6O.42CH4/c1-9-3-5-12-8-10(2)4-6-11(12)7-9;1-7-3-5-8(2)6-4-7;1-7-4-3-5-8(2)6-7;2*1-5(2)6(3)4;1-5-6(2,3)4;1-5(2,3)4;3*1-4-5(2)3;1-5-7(3,4)6-2;2*1-5-6(2,3)4;1-5(2,3)4;1-4(2)3;2*1-3-4-2;2*1-3-2;;;;;;;;;;;;;;;;;;;;;;;;;;;;;;;;;;;;;;;;;;/h3-8H,1-2H3;2*3-6H,1-2H3;2*1-4H3;5H2,1-4H3;1-4H3;5H,4H2,1-3H3;2*4H,1-3H3;1-4H3;2*1-4H3;1-4H3;4H,1-3H3;3-4H,1-2H3;1-2H3;3H2,1-2H3;1-2H3;42*1H4. The van der Waals surface area contributed by atoms with Gasteiger partial charge in [0.25, 0.3) is 0 Å². The number of rotatable bonds is 6. The Morgan fingerprint density at radius 2 is 0.407 bits per heavy atom. The molecule has 0 saturated carbocycles. The van der Waals surface area contributed by atoms with Gasteiger partial charge in [-0.1, -0.05) is 643 Å². The fourth-order valence-electron chi connectivity index (χ4n) is 3.01. The second-order valence-electron chi connectivity index (χ2n) is 35.6. The van der Waals surface area contributed by atoms with Crippen molar-refractivity contribution in [2.45, 2.75) is 685 Å². The zero-order valence-corrected chi connectivity index (χ0v) is 89.7. The molecule has 0 N–H and O–H groups in total. The third-order valence-corrected chi connectivity index (χ3v) is 18.9. The van der Waals surface area contributed by atoms with Crippen molar-refractivity contribution >= 4 is 52.1 Å². The van der Waals surface area contributed by atoms with E-state index in [-0.39, 0.29) is 312 Å². The summed E-state index contributed by atoms with van der Waals surface area (Å²) in [6, 6.07) is 31.4. The predicted octanol–water partition coefficient (Wildman–Crippen LogP) is 61.7. The van der Waals surface area contributed by atoms with E-state index >= 15 is 0 Å². The lowest BCUT2D eigenvalue weighted by molar-refractivity contribution is 0.258. The van der Waals surface area contributed by atoms with E-state index in [0.717, 1.165) is 11.8 Å². The van der Waals surface area contributed by atoms with E-state index in [1.165, 1.54) is 96.5 Å². The first-order chi connectivity index (χ1) is 48.6. The topological polar surface area (TPSA) is 46.2 Å². The number of allylic oxidation sites excluding steroid dienone is 10. The van der Waals surface area contributed by atoms with E-state index in [9.17, 15) is 0 Å². The van der Waals surface area contributed by atoms with Crippen LogP contribution in [0.25, 0.3) is 10.8 Å². The largest absolute Gasteiger partial charge is 0.421 e. The molecule has 0 atom stereocenters. The van der Waals surface area contributed by atoms with Gasteiger partial charge in [-0.25, -0.2) is 0 Å². The first kappa shape index (κ1) is 387. The fraction of sp³-hybridized carbons (Fsp3) is 0.757. The smallest absolute Gasteiger partial charge is 0.331 e. The second kappa shape index (κ2) is 258. The molecule has 0 saturated heterocycles. The third-order valence-electron chi connectivity index (χ3n) is 12.4. The van der Waals surface area contributed by atoms with Crippen LogP contribution in [0.2, 0.25) is 104 Å². The zero-order chi connectivity index (χ0) is 90.0. The molecule has 0 radical (unpaired) electrons. The number of benzene rings is 4. The second-order valence-corrected chi connectivity index (χ2v) is 60.3. The van der Waals surface area contributed by atoms with Crippen molar-refractivity contribution in [3.8, 4) is 11.8 Å². The molecule has 0 aliphatic carbocycles. The molecule has 10 heteroatoms. The monoisotopic (exact) mass is 2270 g/mol. The van der Waals surface area contributed by atoms with Gasteiger partial charge >= 0.3 is 8.56 Å². The van der Waals surface area contributed by atoms with Crippen LogP contribution in [0.3, 0.4) is 0 Å². The molecule has 0 amide bonds. The number of hydrogen-bond acceptors (Lipinski definition) is 5. The van der Waals surface area contributed by atoms with E-state index in [4.69, 9.17) is 17.7 Å². The minimum absolute atomic E-state index is 0. The van der Waals surface area contributed by atoms with Gasteiger partial charge in [-0.15, -0.1) is 11.8 Å². The van der Waals surface area contributed by atoms with E-state index in [0.29, 0.717) is 5.41 Å².